The second-order valence-electron chi connectivity index (χ2n) is 3.58. The van der Waals surface area contributed by atoms with Crippen molar-refractivity contribution < 1.29 is 23.8 Å². The quantitative estimate of drug-likeness (QED) is 0.918. The standard InChI is InChI=1S/C13H10FNO4/c1-18-9-3-5-12(15-7-9)19-11-6-8(14)2-4-10(11)13(16)17/h2-7H,1H3,(H,16,17). The minimum atomic E-state index is -1.21. The summed E-state index contributed by atoms with van der Waals surface area (Å²) in [5.41, 5.74) is -0.140. The zero-order valence-corrected chi connectivity index (χ0v) is 9.96. The molecule has 0 unspecified atom stereocenters. The number of ether oxygens (including phenoxy) is 2. The van der Waals surface area contributed by atoms with Crippen molar-refractivity contribution in [1.82, 2.24) is 4.98 Å². The SMILES string of the molecule is COc1ccc(Oc2cc(F)ccc2C(=O)O)nc1. The number of aromatic carboxylic acids is 1. The molecule has 0 amide bonds. The molecule has 0 radical (unpaired) electrons. The highest BCUT2D eigenvalue weighted by Crippen LogP contribution is 2.26. The van der Waals surface area contributed by atoms with Gasteiger partial charge in [-0.2, -0.15) is 0 Å². The lowest BCUT2D eigenvalue weighted by molar-refractivity contribution is 0.0694. The predicted molar refractivity (Wildman–Crippen MR) is 64.2 cm³/mol. The van der Waals surface area contributed by atoms with Crippen LogP contribution in [0.15, 0.2) is 36.5 Å². The van der Waals surface area contributed by atoms with E-state index in [-0.39, 0.29) is 17.2 Å². The molecule has 0 fully saturated rings. The van der Waals surface area contributed by atoms with E-state index in [0.29, 0.717) is 5.75 Å². The van der Waals surface area contributed by atoms with Gasteiger partial charge in [-0.05, 0) is 18.2 Å². The fourth-order valence-electron chi connectivity index (χ4n) is 1.42. The van der Waals surface area contributed by atoms with E-state index in [1.165, 1.54) is 19.4 Å². The number of rotatable bonds is 4. The van der Waals surface area contributed by atoms with Crippen LogP contribution in [0.5, 0.6) is 17.4 Å². The molecule has 2 aromatic rings. The van der Waals surface area contributed by atoms with Crippen LogP contribution in [0.25, 0.3) is 0 Å². The maximum atomic E-state index is 13.1. The maximum absolute atomic E-state index is 13.1. The Kier molecular flexibility index (Phi) is 3.61. The number of aromatic nitrogens is 1. The van der Waals surface area contributed by atoms with E-state index < -0.39 is 11.8 Å². The molecule has 0 bridgehead atoms. The summed E-state index contributed by atoms with van der Waals surface area (Å²) in [5.74, 6) is -1.22. The molecule has 0 aliphatic carbocycles. The number of hydrogen-bond acceptors (Lipinski definition) is 4. The lowest BCUT2D eigenvalue weighted by Gasteiger charge is -2.08. The maximum Gasteiger partial charge on any atom is 0.339 e. The van der Waals surface area contributed by atoms with Crippen LogP contribution >= 0.6 is 0 Å². The van der Waals surface area contributed by atoms with Crippen molar-refractivity contribution in [3.05, 3.63) is 47.9 Å². The number of pyridine rings is 1. The normalized spacial score (nSPS) is 10.0. The van der Waals surface area contributed by atoms with Gasteiger partial charge in [-0.1, -0.05) is 0 Å². The summed E-state index contributed by atoms with van der Waals surface area (Å²) in [5, 5.41) is 8.97. The van der Waals surface area contributed by atoms with Crippen molar-refractivity contribution in [3.8, 4) is 17.4 Å². The Morgan fingerprint density at radius 1 is 1.32 bits per heavy atom. The van der Waals surface area contributed by atoms with Crippen molar-refractivity contribution in [2.45, 2.75) is 0 Å². The summed E-state index contributed by atoms with van der Waals surface area (Å²) < 4.78 is 23.3. The van der Waals surface area contributed by atoms with E-state index in [1.807, 2.05) is 0 Å². The summed E-state index contributed by atoms with van der Waals surface area (Å²) >= 11 is 0. The fourth-order valence-corrected chi connectivity index (χ4v) is 1.42. The van der Waals surface area contributed by atoms with Gasteiger partial charge in [0.1, 0.15) is 22.9 Å². The lowest BCUT2D eigenvalue weighted by Crippen LogP contribution is -2.01. The Morgan fingerprint density at radius 2 is 2.11 bits per heavy atom. The van der Waals surface area contributed by atoms with Gasteiger partial charge in [0.25, 0.3) is 0 Å². The predicted octanol–water partition coefficient (Wildman–Crippen LogP) is 2.72. The monoisotopic (exact) mass is 263 g/mol. The number of carboxylic acid groups (broad SMARTS) is 1. The molecule has 19 heavy (non-hydrogen) atoms. The van der Waals surface area contributed by atoms with Crippen LogP contribution in [0.2, 0.25) is 0 Å². The van der Waals surface area contributed by atoms with Crippen LogP contribution in [0.3, 0.4) is 0 Å². The molecule has 1 heterocycles. The van der Waals surface area contributed by atoms with Gasteiger partial charge in [0.2, 0.25) is 5.88 Å². The first-order valence-electron chi connectivity index (χ1n) is 5.31. The largest absolute Gasteiger partial charge is 0.495 e. The van der Waals surface area contributed by atoms with E-state index in [1.54, 1.807) is 6.07 Å². The number of carbonyl (C=O) groups is 1. The molecule has 0 spiro atoms. The van der Waals surface area contributed by atoms with Crippen LogP contribution in [-0.2, 0) is 0 Å². The lowest BCUT2D eigenvalue weighted by atomic mass is 10.2. The molecule has 5 nitrogen and oxygen atoms in total. The number of benzene rings is 1. The summed E-state index contributed by atoms with van der Waals surface area (Å²) in [7, 11) is 1.49. The zero-order valence-electron chi connectivity index (χ0n) is 9.96. The van der Waals surface area contributed by atoms with Crippen molar-refractivity contribution in [2.75, 3.05) is 7.11 Å². The highest BCUT2D eigenvalue weighted by molar-refractivity contribution is 5.90. The average Bonchev–Trinajstić information content (AvgIpc) is 2.39. The minimum Gasteiger partial charge on any atom is -0.495 e. The smallest absolute Gasteiger partial charge is 0.339 e. The first-order chi connectivity index (χ1) is 9.10. The molecule has 0 saturated carbocycles. The molecule has 1 aromatic carbocycles. The number of methoxy groups -OCH3 is 1. The van der Waals surface area contributed by atoms with Crippen molar-refractivity contribution in [3.63, 3.8) is 0 Å². The zero-order chi connectivity index (χ0) is 13.8. The van der Waals surface area contributed by atoms with Gasteiger partial charge >= 0.3 is 5.97 Å². The second-order valence-corrected chi connectivity index (χ2v) is 3.58. The third kappa shape index (κ3) is 2.98. The van der Waals surface area contributed by atoms with Crippen LogP contribution in [0.1, 0.15) is 10.4 Å². The average molecular weight is 263 g/mol. The summed E-state index contributed by atoms with van der Waals surface area (Å²) in [6.45, 7) is 0. The molecular formula is C13H10FNO4. The number of halogens is 1. The Labute approximate surface area is 108 Å². The molecule has 0 saturated heterocycles. The number of hydrogen-bond donors (Lipinski definition) is 1. The van der Waals surface area contributed by atoms with Crippen molar-refractivity contribution >= 4 is 5.97 Å². The van der Waals surface area contributed by atoms with Gasteiger partial charge in [0.05, 0.1) is 13.3 Å². The highest BCUT2D eigenvalue weighted by Gasteiger charge is 2.13. The third-order valence-electron chi connectivity index (χ3n) is 2.33. The van der Waals surface area contributed by atoms with Crippen LogP contribution in [0, 0.1) is 5.82 Å². The fraction of sp³-hybridized carbons (Fsp3) is 0.0769. The third-order valence-corrected chi connectivity index (χ3v) is 2.33. The first kappa shape index (κ1) is 12.8. The molecule has 0 atom stereocenters. The van der Waals surface area contributed by atoms with Crippen molar-refractivity contribution in [2.24, 2.45) is 0 Å². The molecule has 2 rings (SSSR count). The minimum absolute atomic E-state index is 0.106. The number of carboxylic acids is 1. The van der Waals surface area contributed by atoms with E-state index in [9.17, 15) is 9.18 Å². The molecular weight excluding hydrogens is 253 g/mol. The Bertz CT molecular complexity index is 598. The number of nitrogens with zero attached hydrogens (tertiary/aromatic N) is 1. The van der Waals surface area contributed by atoms with Gasteiger partial charge in [-0.15, -0.1) is 0 Å². The highest BCUT2D eigenvalue weighted by atomic mass is 19.1. The Hall–Kier alpha value is -2.63. The van der Waals surface area contributed by atoms with Crippen LogP contribution in [-0.4, -0.2) is 23.2 Å². The molecule has 98 valence electrons. The van der Waals surface area contributed by atoms with Crippen LogP contribution < -0.4 is 9.47 Å². The summed E-state index contributed by atoms with van der Waals surface area (Å²) in [4.78, 5) is 14.9. The van der Waals surface area contributed by atoms with Crippen molar-refractivity contribution in [1.29, 1.82) is 0 Å². The Morgan fingerprint density at radius 3 is 2.68 bits per heavy atom. The van der Waals surface area contributed by atoms with Gasteiger partial charge in [0, 0.05) is 12.1 Å². The van der Waals surface area contributed by atoms with Gasteiger partial charge in [-0.3, -0.25) is 0 Å². The van der Waals surface area contributed by atoms with E-state index in [2.05, 4.69) is 4.98 Å². The van der Waals surface area contributed by atoms with E-state index in [0.717, 1.165) is 18.2 Å². The van der Waals surface area contributed by atoms with Gasteiger partial charge < -0.3 is 14.6 Å². The summed E-state index contributed by atoms with van der Waals surface area (Å²) in [6, 6.07) is 6.28. The van der Waals surface area contributed by atoms with Gasteiger partial charge in [0.15, 0.2) is 0 Å². The molecule has 6 heteroatoms. The van der Waals surface area contributed by atoms with Crippen LogP contribution in [0.4, 0.5) is 4.39 Å². The van der Waals surface area contributed by atoms with Gasteiger partial charge in [-0.25, -0.2) is 14.2 Å². The molecule has 0 aliphatic rings. The molecule has 1 N–H and O–H groups in total. The summed E-state index contributed by atoms with van der Waals surface area (Å²) in [6.07, 6.45) is 1.41. The Balaban J connectivity index is 2.31. The second kappa shape index (κ2) is 5.34. The molecule has 1 aromatic heterocycles. The topological polar surface area (TPSA) is 68.7 Å². The first-order valence-corrected chi connectivity index (χ1v) is 5.31. The van der Waals surface area contributed by atoms with E-state index >= 15 is 0 Å². The molecule has 0 aliphatic heterocycles. The van der Waals surface area contributed by atoms with E-state index in [4.69, 9.17) is 14.6 Å².